The minimum absolute atomic E-state index is 0.327. The molecule has 2 unspecified atom stereocenters. The van der Waals surface area contributed by atoms with Gasteiger partial charge in [0.1, 0.15) is 0 Å². The van der Waals surface area contributed by atoms with Gasteiger partial charge in [-0.1, -0.05) is 13.8 Å². The zero-order valence-electron chi connectivity index (χ0n) is 9.83. The third-order valence-electron chi connectivity index (χ3n) is 2.91. The summed E-state index contributed by atoms with van der Waals surface area (Å²) in [7, 11) is 2.06. The predicted molar refractivity (Wildman–Crippen MR) is 59.7 cm³/mol. The molecule has 0 amide bonds. The highest BCUT2D eigenvalue weighted by Gasteiger charge is 2.16. The summed E-state index contributed by atoms with van der Waals surface area (Å²) >= 11 is 0. The van der Waals surface area contributed by atoms with Crippen molar-refractivity contribution >= 4 is 0 Å². The second kappa shape index (κ2) is 6.80. The van der Waals surface area contributed by atoms with Gasteiger partial charge in [-0.25, -0.2) is 0 Å². The first-order chi connectivity index (χ1) is 6.52. The van der Waals surface area contributed by atoms with Gasteiger partial charge in [0.05, 0.1) is 12.5 Å². The van der Waals surface area contributed by atoms with Crippen molar-refractivity contribution in [2.75, 3.05) is 20.1 Å². The molecular weight excluding hydrogens is 174 g/mol. The van der Waals surface area contributed by atoms with E-state index in [4.69, 9.17) is 11.0 Å². The Bertz CT molecular complexity index is 183. The predicted octanol–water partition coefficient (Wildman–Crippen LogP) is 1.45. The minimum Gasteiger partial charge on any atom is -0.330 e. The smallest absolute Gasteiger partial charge is 0.0638 e. The lowest BCUT2D eigenvalue weighted by Crippen LogP contribution is -2.37. The highest BCUT2D eigenvalue weighted by molar-refractivity contribution is 4.80. The van der Waals surface area contributed by atoms with Gasteiger partial charge in [-0.05, 0) is 32.4 Å². The summed E-state index contributed by atoms with van der Waals surface area (Å²) in [4.78, 5) is 2.22. The molecule has 0 aliphatic heterocycles. The molecule has 0 spiro atoms. The van der Waals surface area contributed by atoms with Crippen LogP contribution in [0.2, 0.25) is 0 Å². The molecule has 0 aliphatic rings. The van der Waals surface area contributed by atoms with E-state index in [1.54, 1.807) is 0 Å². The molecule has 0 aliphatic carbocycles. The minimum atomic E-state index is 0.327. The summed E-state index contributed by atoms with van der Waals surface area (Å²) in [6.07, 6.45) is 0.589. The molecule has 0 fully saturated rings. The van der Waals surface area contributed by atoms with Crippen molar-refractivity contribution < 1.29 is 0 Å². The Morgan fingerprint density at radius 2 is 1.93 bits per heavy atom. The average molecular weight is 197 g/mol. The summed E-state index contributed by atoms with van der Waals surface area (Å²) < 4.78 is 0. The van der Waals surface area contributed by atoms with Crippen LogP contribution in [-0.4, -0.2) is 31.1 Å². The molecule has 3 heteroatoms. The molecule has 3 nitrogen and oxygen atoms in total. The lowest BCUT2D eigenvalue weighted by Gasteiger charge is -2.29. The molecule has 0 aromatic heterocycles. The molecular formula is C11H23N3. The Morgan fingerprint density at radius 1 is 1.36 bits per heavy atom. The zero-order chi connectivity index (χ0) is 11.1. The highest BCUT2D eigenvalue weighted by atomic mass is 15.1. The molecule has 2 atom stereocenters. The van der Waals surface area contributed by atoms with Crippen LogP contribution >= 0.6 is 0 Å². The topological polar surface area (TPSA) is 53.0 Å². The largest absolute Gasteiger partial charge is 0.330 e. The molecule has 0 radical (unpaired) electrons. The summed E-state index contributed by atoms with van der Waals surface area (Å²) in [6, 6.07) is 2.52. The maximum atomic E-state index is 8.58. The van der Waals surface area contributed by atoms with Gasteiger partial charge >= 0.3 is 0 Å². The van der Waals surface area contributed by atoms with Crippen molar-refractivity contribution in [1.29, 1.82) is 5.26 Å². The number of hydrogen-bond acceptors (Lipinski definition) is 3. The first-order valence-corrected chi connectivity index (χ1v) is 5.30. The highest BCUT2D eigenvalue weighted by Crippen LogP contribution is 2.12. The maximum Gasteiger partial charge on any atom is 0.0638 e. The second-order valence-electron chi connectivity index (χ2n) is 4.39. The Kier molecular flexibility index (Phi) is 6.52. The maximum absolute atomic E-state index is 8.58. The lowest BCUT2D eigenvalue weighted by molar-refractivity contribution is 0.196. The Morgan fingerprint density at radius 3 is 2.29 bits per heavy atom. The molecule has 2 N–H and O–H groups in total. The van der Waals surface area contributed by atoms with Crippen molar-refractivity contribution in [3.63, 3.8) is 0 Å². The van der Waals surface area contributed by atoms with E-state index in [2.05, 4.69) is 38.8 Å². The van der Waals surface area contributed by atoms with Gasteiger partial charge in [-0.15, -0.1) is 0 Å². The van der Waals surface area contributed by atoms with Gasteiger partial charge in [0.2, 0.25) is 0 Å². The first kappa shape index (κ1) is 13.4. The van der Waals surface area contributed by atoms with Gasteiger partial charge in [-0.3, -0.25) is 0 Å². The third kappa shape index (κ3) is 4.59. The van der Waals surface area contributed by atoms with Gasteiger partial charge in [-0.2, -0.15) is 5.26 Å². The van der Waals surface area contributed by atoms with Crippen LogP contribution < -0.4 is 5.73 Å². The van der Waals surface area contributed by atoms with Gasteiger partial charge < -0.3 is 10.6 Å². The van der Waals surface area contributed by atoms with Crippen LogP contribution in [0.4, 0.5) is 0 Å². The molecule has 0 bridgehead atoms. The van der Waals surface area contributed by atoms with Gasteiger partial charge in [0, 0.05) is 12.6 Å². The third-order valence-corrected chi connectivity index (χ3v) is 2.91. The molecule has 0 aromatic carbocycles. The number of rotatable bonds is 6. The van der Waals surface area contributed by atoms with E-state index in [0.29, 0.717) is 24.3 Å². The van der Waals surface area contributed by atoms with Crippen molar-refractivity contribution in [3.8, 4) is 6.07 Å². The van der Waals surface area contributed by atoms with Crippen LogP contribution in [-0.2, 0) is 0 Å². The van der Waals surface area contributed by atoms with E-state index < -0.39 is 0 Å². The summed E-state index contributed by atoms with van der Waals surface area (Å²) in [5.41, 5.74) is 5.70. The van der Waals surface area contributed by atoms with Crippen LogP contribution in [0.1, 0.15) is 27.2 Å². The van der Waals surface area contributed by atoms with Crippen molar-refractivity contribution in [3.05, 3.63) is 0 Å². The molecule has 0 heterocycles. The van der Waals surface area contributed by atoms with E-state index in [9.17, 15) is 0 Å². The molecule has 82 valence electrons. The standard InChI is InChI=1S/C11H23N3/c1-9(2)11(7-13)8-14(4)10(3)5-6-12/h9-11H,5,7-8,13H2,1-4H3. The van der Waals surface area contributed by atoms with E-state index in [1.807, 2.05) is 0 Å². The molecule has 0 rings (SSSR count). The van der Waals surface area contributed by atoms with E-state index in [1.165, 1.54) is 0 Å². The van der Waals surface area contributed by atoms with E-state index >= 15 is 0 Å². The summed E-state index contributed by atoms with van der Waals surface area (Å²) in [5.74, 6) is 1.14. The monoisotopic (exact) mass is 197 g/mol. The second-order valence-corrected chi connectivity index (χ2v) is 4.39. The van der Waals surface area contributed by atoms with Crippen molar-refractivity contribution in [2.45, 2.75) is 33.2 Å². The van der Waals surface area contributed by atoms with Crippen LogP contribution in [0, 0.1) is 23.2 Å². The quantitative estimate of drug-likeness (QED) is 0.701. The van der Waals surface area contributed by atoms with Crippen molar-refractivity contribution in [1.82, 2.24) is 4.90 Å². The van der Waals surface area contributed by atoms with Crippen LogP contribution in [0.25, 0.3) is 0 Å². The fourth-order valence-corrected chi connectivity index (χ4v) is 1.40. The summed E-state index contributed by atoms with van der Waals surface area (Å²) in [5, 5.41) is 8.58. The zero-order valence-corrected chi connectivity index (χ0v) is 9.83. The lowest BCUT2D eigenvalue weighted by atomic mass is 9.95. The molecule has 0 saturated carbocycles. The fourth-order valence-electron chi connectivity index (χ4n) is 1.40. The first-order valence-electron chi connectivity index (χ1n) is 5.30. The number of nitrogens with two attached hydrogens (primary N) is 1. The molecule has 0 aromatic rings. The van der Waals surface area contributed by atoms with Crippen molar-refractivity contribution in [2.24, 2.45) is 17.6 Å². The fraction of sp³-hybridized carbons (Fsp3) is 0.909. The van der Waals surface area contributed by atoms with Crippen LogP contribution in [0.15, 0.2) is 0 Å². The van der Waals surface area contributed by atoms with Gasteiger partial charge in [0.15, 0.2) is 0 Å². The van der Waals surface area contributed by atoms with Gasteiger partial charge in [0.25, 0.3) is 0 Å². The SMILES string of the molecule is CC(C)C(CN)CN(C)C(C)CC#N. The number of nitriles is 1. The average Bonchev–Trinajstić information content (AvgIpc) is 2.13. The Balaban J connectivity index is 4.02. The number of nitrogens with zero attached hydrogens (tertiary/aromatic N) is 2. The normalized spacial score (nSPS) is 15.6. The molecule has 0 saturated heterocycles. The van der Waals surface area contributed by atoms with Crippen LogP contribution in [0.3, 0.4) is 0 Å². The number of hydrogen-bond donors (Lipinski definition) is 1. The Labute approximate surface area is 87.9 Å². The molecule has 14 heavy (non-hydrogen) atoms. The van der Waals surface area contributed by atoms with E-state index in [-0.39, 0.29) is 0 Å². The van der Waals surface area contributed by atoms with Crippen LogP contribution in [0.5, 0.6) is 0 Å². The Hall–Kier alpha value is -0.590. The summed E-state index contributed by atoms with van der Waals surface area (Å²) in [6.45, 7) is 8.18. The van der Waals surface area contributed by atoms with E-state index in [0.717, 1.165) is 13.1 Å².